The standard InChI is InChI=1S/C16H23NO5/c1-4-17(5-2)15(18)11-22-13-8-7-12(10-16(19)20)9-14(13)21-6-3/h7-9H,4-6,10-11H2,1-3H3,(H,19,20). The number of carbonyl (C=O) groups excluding carboxylic acids is 1. The Morgan fingerprint density at radius 3 is 2.32 bits per heavy atom. The summed E-state index contributed by atoms with van der Waals surface area (Å²) in [4.78, 5) is 24.4. The summed E-state index contributed by atoms with van der Waals surface area (Å²) in [6.07, 6.45) is -0.0846. The molecule has 0 aromatic heterocycles. The number of amides is 1. The SMILES string of the molecule is CCOc1cc(CC(=O)O)ccc1OCC(=O)N(CC)CC. The Morgan fingerprint density at radius 2 is 1.77 bits per heavy atom. The van der Waals surface area contributed by atoms with Crippen LogP contribution in [0.2, 0.25) is 0 Å². The predicted molar refractivity (Wildman–Crippen MR) is 82.4 cm³/mol. The van der Waals surface area contributed by atoms with E-state index in [2.05, 4.69) is 0 Å². The van der Waals surface area contributed by atoms with Crippen LogP contribution in [0.25, 0.3) is 0 Å². The fourth-order valence-corrected chi connectivity index (χ4v) is 2.03. The normalized spacial score (nSPS) is 10.1. The van der Waals surface area contributed by atoms with Gasteiger partial charge in [-0.1, -0.05) is 6.07 Å². The molecule has 1 rings (SSSR count). The van der Waals surface area contributed by atoms with E-state index in [4.69, 9.17) is 14.6 Å². The van der Waals surface area contributed by atoms with Crippen LogP contribution in [0.3, 0.4) is 0 Å². The lowest BCUT2D eigenvalue weighted by molar-refractivity contribution is -0.136. The van der Waals surface area contributed by atoms with Gasteiger partial charge in [-0.3, -0.25) is 9.59 Å². The molecule has 6 nitrogen and oxygen atoms in total. The summed E-state index contributed by atoms with van der Waals surface area (Å²) in [6.45, 7) is 7.27. The zero-order valence-electron chi connectivity index (χ0n) is 13.3. The number of ether oxygens (including phenoxy) is 2. The number of rotatable bonds is 9. The highest BCUT2D eigenvalue weighted by Gasteiger charge is 2.13. The molecule has 0 aliphatic heterocycles. The summed E-state index contributed by atoms with van der Waals surface area (Å²) in [5.41, 5.74) is 0.623. The van der Waals surface area contributed by atoms with Crippen molar-refractivity contribution in [3.63, 3.8) is 0 Å². The molecule has 0 saturated carbocycles. The second-order valence-electron chi connectivity index (χ2n) is 4.64. The number of hydrogen-bond donors (Lipinski definition) is 1. The van der Waals surface area contributed by atoms with E-state index in [9.17, 15) is 9.59 Å². The van der Waals surface area contributed by atoms with E-state index in [0.717, 1.165) is 0 Å². The van der Waals surface area contributed by atoms with Gasteiger partial charge in [-0.25, -0.2) is 0 Å². The van der Waals surface area contributed by atoms with E-state index in [0.29, 0.717) is 36.8 Å². The molecule has 0 aliphatic carbocycles. The number of carbonyl (C=O) groups is 2. The Bertz CT molecular complexity index is 511. The Kier molecular flexibility index (Phi) is 7.22. The number of nitrogens with zero attached hydrogens (tertiary/aromatic N) is 1. The molecule has 0 fully saturated rings. The van der Waals surface area contributed by atoms with Crippen LogP contribution in [0.5, 0.6) is 11.5 Å². The first-order valence-electron chi connectivity index (χ1n) is 7.39. The fraction of sp³-hybridized carbons (Fsp3) is 0.500. The second kappa shape index (κ2) is 8.92. The molecule has 0 spiro atoms. The summed E-state index contributed by atoms with van der Waals surface area (Å²) >= 11 is 0. The Labute approximate surface area is 130 Å². The predicted octanol–water partition coefficient (Wildman–Crippen LogP) is 1.96. The summed E-state index contributed by atoms with van der Waals surface area (Å²) in [7, 11) is 0. The van der Waals surface area contributed by atoms with Crippen LogP contribution in [-0.4, -0.2) is 48.2 Å². The molecule has 0 atom stereocenters. The molecule has 22 heavy (non-hydrogen) atoms. The first-order chi connectivity index (χ1) is 10.5. The Hall–Kier alpha value is -2.24. The van der Waals surface area contributed by atoms with Gasteiger partial charge >= 0.3 is 5.97 Å². The second-order valence-corrected chi connectivity index (χ2v) is 4.64. The minimum atomic E-state index is -0.909. The maximum Gasteiger partial charge on any atom is 0.307 e. The van der Waals surface area contributed by atoms with Gasteiger partial charge in [-0.2, -0.15) is 0 Å². The number of benzene rings is 1. The number of carboxylic acid groups (broad SMARTS) is 1. The van der Waals surface area contributed by atoms with E-state index in [-0.39, 0.29) is 18.9 Å². The number of hydrogen-bond acceptors (Lipinski definition) is 4. The van der Waals surface area contributed by atoms with Crippen molar-refractivity contribution in [2.24, 2.45) is 0 Å². The van der Waals surface area contributed by atoms with E-state index in [1.807, 2.05) is 20.8 Å². The maximum atomic E-state index is 11.9. The first kappa shape index (κ1) is 17.8. The summed E-state index contributed by atoms with van der Waals surface area (Å²) in [5, 5.41) is 8.83. The van der Waals surface area contributed by atoms with Crippen molar-refractivity contribution in [3.8, 4) is 11.5 Å². The van der Waals surface area contributed by atoms with E-state index < -0.39 is 5.97 Å². The molecule has 1 aromatic carbocycles. The number of aliphatic carboxylic acids is 1. The Morgan fingerprint density at radius 1 is 1.09 bits per heavy atom. The van der Waals surface area contributed by atoms with Gasteiger partial charge < -0.3 is 19.5 Å². The van der Waals surface area contributed by atoms with Crippen LogP contribution in [0.15, 0.2) is 18.2 Å². The zero-order valence-corrected chi connectivity index (χ0v) is 13.3. The van der Waals surface area contributed by atoms with Crippen molar-refractivity contribution in [1.82, 2.24) is 4.90 Å². The molecule has 0 aliphatic rings. The monoisotopic (exact) mass is 309 g/mol. The lowest BCUT2D eigenvalue weighted by Gasteiger charge is -2.19. The van der Waals surface area contributed by atoms with Gasteiger partial charge in [0.05, 0.1) is 13.0 Å². The number of likely N-dealkylation sites (N-methyl/N-ethyl adjacent to an activating group) is 1. The molecular formula is C16H23NO5. The van der Waals surface area contributed by atoms with Crippen LogP contribution in [0.4, 0.5) is 0 Å². The molecule has 6 heteroatoms. The highest BCUT2D eigenvalue weighted by Crippen LogP contribution is 2.28. The summed E-state index contributed by atoms with van der Waals surface area (Å²) in [5.74, 6) is -0.111. The van der Waals surface area contributed by atoms with Crippen molar-refractivity contribution in [3.05, 3.63) is 23.8 Å². The van der Waals surface area contributed by atoms with E-state index >= 15 is 0 Å². The van der Waals surface area contributed by atoms with E-state index in [1.54, 1.807) is 23.1 Å². The molecule has 122 valence electrons. The van der Waals surface area contributed by atoms with Crippen molar-refractivity contribution < 1.29 is 24.2 Å². The number of carboxylic acids is 1. The summed E-state index contributed by atoms with van der Waals surface area (Å²) < 4.78 is 11.0. The van der Waals surface area contributed by atoms with Crippen LogP contribution in [0, 0.1) is 0 Å². The largest absolute Gasteiger partial charge is 0.490 e. The molecule has 0 saturated heterocycles. The quantitative estimate of drug-likeness (QED) is 0.754. The Balaban J connectivity index is 2.80. The van der Waals surface area contributed by atoms with Crippen molar-refractivity contribution in [1.29, 1.82) is 0 Å². The van der Waals surface area contributed by atoms with Gasteiger partial charge in [0.2, 0.25) is 0 Å². The van der Waals surface area contributed by atoms with Gasteiger partial charge in [-0.05, 0) is 38.5 Å². The smallest absolute Gasteiger partial charge is 0.307 e. The van der Waals surface area contributed by atoms with Gasteiger partial charge in [0.25, 0.3) is 5.91 Å². The molecule has 0 bridgehead atoms. The van der Waals surface area contributed by atoms with Gasteiger partial charge in [0, 0.05) is 13.1 Å². The molecular weight excluding hydrogens is 286 g/mol. The molecule has 1 N–H and O–H groups in total. The molecule has 0 heterocycles. The van der Waals surface area contributed by atoms with Crippen molar-refractivity contribution in [2.45, 2.75) is 27.2 Å². The van der Waals surface area contributed by atoms with Gasteiger partial charge in [0.1, 0.15) is 0 Å². The third-order valence-electron chi connectivity index (χ3n) is 3.13. The van der Waals surface area contributed by atoms with Crippen molar-refractivity contribution in [2.75, 3.05) is 26.3 Å². The topological polar surface area (TPSA) is 76.1 Å². The molecule has 1 amide bonds. The highest BCUT2D eigenvalue weighted by molar-refractivity contribution is 5.77. The van der Waals surface area contributed by atoms with Crippen LogP contribution >= 0.6 is 0 Å². The molecule has 1 aromatic rings. The van der Waals surface area contributed by atoms with Crippen LogP contribution < -0.4 is 9.47 Å². The third kappa shape index (κ3) is 5.27. The molecule has 0 radical (unpaired) electrons. The third-order valence-corrected chi connectivity index (χ3v) is 3.13. The lowest BCUT2D eigenvalue weighted by atomic mass is 10.1. The average molecular weight is 309 g/mol. The lowest BCUT2D eigenvalue weighted by Crippen LogP contribution is -2.34. The maximum absolute atomic E-state index is 11.9. The first-order valence-corrected chi connectivity index (χ1v) is 7.39. The van der Waals surface area contributed by atoms with Crippen LogP contribution in [-0.2, 0) is 16.0 Å². The average Bonchev–Trinajstić information content (AvgIpc) is 2.47. The summed E-state index contributed by atoms with van der Waals surface area (Å²) in [6, 6.07) is 4.93. The van der Waals surface area contributed by atoms with Gasteiger partial charge in [0.15, 0.2) is 18.1 Å². The van der Waals surface area contributed by atoms with Crippen LogP contribution in [0.1, 0.15) is 26.3 Å². The minimum Gasteiger partial charge on any atom is -0.490 e. The molecule has 0 unspecified atom stereocenters. The van der Waals surface area contributed by atoms with Crippen molar-refractivity contribution >= 4 is 11.9 Å². The minimum absolute atomic E-state index is 0.0694. The fourth-order valence-electron chi connectivity index (χ4n) is 2.03. The van der Waals surface area contributed by atoms with Gasteiger partial charge in [-0.15, -0.1) is 0 Å². The van der Waals surface area contributed by atoms with E-state index in [1.165, 1.54) is 0 Å². The highest BCUT2D eigenvalue weighted by atomic mass is 16.5. The zero-order chi connectivity index (χ0) is 16.5.